The fourth-order valence-electron chi connectivity index (χ4n) is 9.28. The van der Waals surface area contributed by atoms with Crippen molar-refractivity contribution < 1.29 is 0 Å². The van der Waals surface area contributed by atoms with E-state index < -0.39 is 0 Å². The monoisotopic (exact) mass is 752 g/mol. The first-order valence-corrected chi connectivity index (χ1v) is 20.1. The number of hydrogen-bond donors (Lipinski definition) is 0. The topological polar surface area (TPSA) is 26.0 Å². The third kappa shape index (κ3) is 5.20. The Bertz CT molecular complexity index is 3370. The van der Waals surface area contributed by atoms with Crippen LogP contribution in [0.2, 0.25) is 0 Å². The van der Waals surface area contributed by atoms with Crippen molar-refractivity contribution in [2.45, 2.75) is 0 Å². The Kier molecular flexibility index (Phi) is 7.50. The maximum atomic E-state index is 5.24. The van der Waals surface area contributed by atoms with E-state index in [9.17, 15) is 0 Å². The summed E-state index contributed by atoms with van der Waals surface area (Å²) in [4.78, 5) is 7.68. The number of aromatic nitrogens is 3. The second-order valence-electron chi connectivity index (χ2n) is 15.2. The summed E-state index contributed by atoms with van der Waals surface area (Å²) in [6.07, 6.45) is 0. The molecule has 0 bridgehead atoms. The van der Waals surface area contributed by atoms with Crippen molar-refractivity contribution in [1.82, 2.24) is 14.1 Å². The van der Waals surface area contributed by atoms with Crippen LogP contribution in [-0.4, -0.2) is 14.1 Å². The lowest BCUT2D eigenvalue weighted by atomic mass is 9.97. The van der Waals surface area contributed by atoms with Crippen LogP contribution in [-0.2, 0) is 0 Å². The van der Waals surface area contributed by atoms with Gasteiger partial charge in [-0.25, -0.2) is 4.98 Å². The molecular formula is C55H36N4. The first kappa shape index (κ1) is 33.2. The number of nitrogens with zero attached hydrogens (tertiary/aromatic N) is 4. The average Bonchev–Trinajstić information content (AvgIpc) is 3.83. The van der Waals surface area contributed by atoms with Crippen molar-refractivity contribution in [3.05, 3.63) is 218 Å². The number of para-hydroxylation sites is 4. The minimum Gasteiger partial charge on any atom is -0.309 e. The Morgan fingerprint density at radius 1 is 0.356 bits per heavy atom. The highest BCUT2D eigenvalue weighted by molar-refractivity contribution is 6.13. The molecule has 12 rings (SSSR count). The summed E-state index contributed by atoms with van der Waals surface area (Å²) < 4.78 is 4.76. The van der Waals surface area contributed by atoms with Crippen molar-refractivity contribution in [3.8, 4) is 56.3 Å². The van der Waals surface area contributed by atoms with Gasteiger partial charge in [0.15, 0.2) is 0 Å². The number of fused-ring (bicyclic) bond motifs is 9. The molecule has 0 unspecified atom stereocenters. The normalized spacial score (nSPS) is 12.0. The zero-order valence-electron chi connectivity index (χ0n) is 32.1. The fraction of sp³-hybridized carbons (Fsp3) is 0. The van der Waals surface area contributed by atoms with Gasteiger partial charge in [-0.15, -0.1) is 0 Å². The molecule has 0 spiro atoms. The molecule has 1 aliphatic rings. The van der Waals surface area contributed by atoms with Crippen LogP contribution in [0.4, 0.5) is 17.1 Å². The summed E-state index contributed by atoms with van der Waals surface area (Å²) in [7, 11) is 0. The van der Waals surface area contributed by atoms with Crippen LogP contribution in [0.5, 0.6) is 0 Å². The highest BCUT2D eigenvalue weighted by atomic mass is 15.2. The van der Waals surface area contributed by atoms with Crippen LogP contribution in [0.25, 0.3) is 89.0 Å². The average molecular weight is 753 g/mol. The molecule has 0 saturated carbocycles. The highest BCUT2D eigenvalue weighted by Gasteiger charge is 2.31. The highest BCUT2D eigenvalue weighted by Crippen LogP contribution is 2.54. The van der Waals surface area contributed by atoms with Crippen LogP contribution in [0.3, 0.4) is 0 Å². The molecule has 2 aromatic heterocycles. The number of benzene rings is 9. The number of rotatable bonds is 5. The third-order valence-corrected chi connectivity index (χ3v) is 11.9. The zero-order valence-corrected chi connectivity index (χ0v) is 32.1. The first-order chi connectivity index (χ1) is 29.3. The van der Waals surface area contributed by atoms with Crippen molar-refractivity contribution in [1.29, 1.82) is 0 Å². The van der Waals surface area contributed by atoms with Crippen LogP contribution < -0.4 is 4.90 Å². The predicted octanol–water partition coefficient (Wildman–Crippen LogP) is 14.6. The van der Waals surface area contributed by atoms with Gasteiger partial charge in [-0.05, 0) is 82.6 Å². The molecule has 59 heavy (non-hydrogen) atoms. The molecular weight excluding hydrogens is 717 g/mol. The molecule has 0 saturated heterocycles. The van der Waals surface area contributed by atoms with Crippen molar-refractivity contribution in [2.75, 3.05) is 4.90 Å². The van der Waals surface area contributed by atoms with E-state index >= 15 is 0 Å². The Morgan fingerprint density at radius 2 is 0.949 bits per heavy atom. The maximum Gasteiger partial charge on any atom is 0.145 e. The summed E-state index contributed by atoms with van der Waals surface area (Å²) in [5.74, 6) is 0.917. The molecule has 276 valence electrons. The van der Waals surface area contributed by atoms with Gasteiger partial charge in [0.1, 0.15) is 5.82 Å². The quantitative estimate of drug-likeness (QED) is 0.175. The zero-order chi connectivity index (χ0) is 38.9. The summed E-state index contributed by atoms with van der Waals surface area (Å²) >= 11 is 0. The second-order valence-corrected chi connectivity index (χ2v) is 15.2. The van der Waals surface area contributed by atoms with E-state index in [1.54, 1.807) is 0 Å². The molecule has 4 nitrogen and oxygen atoms in total. The lowest BCUT2D eigenvalue weighted by Crippen LogP contribution is -2.11. The van der Waals surface area contributed by atoms with E-state index in [1.165, 1.54) is 49.6 Å². The SMILES string of the molecule is c1ccc(-c2nc3ccc(N4c5ccccc5-c5c(n(-c6ccc(-c7cccc8ccccc78)cc6)c6ccccc56)-c5ccccc54)cc3n2-c2ccccc2)cc1. The van der Waals surface area contributed by atoms with Crippen molar-refractivity contribution in [3.63, 3.8) is 0 Å². The molecule has 11 aromatic rings. The molecule has 0 radical (unpaired) electrons. The van der Waals surface area contributed by atoms with Gasteiger partial charge < -0.3 is 9.47 Å². The Labute approximate surface area is 342 Å². The summed E-state index contributed by atoms with van der Waals surface area (Å²) in [6.45, 7) is 0. The molecule has 4 heteroatoms. The Morgan fingerprint density at radius 3 is 1.76 bits per heavy atom. The smallest absolute Gasteiger partial charge is 0.145 e. The van der Waals surface area contributed by atoms with E-state index in [4.69, 9.17) is 4.98 Å². The number of anilines is 3. The largest absolute Gasteiger partial charge is 0.309 e. The lowest BCUT2D eigenvalue weighted by molar-refractivity contribution is 1.10. The fourth-order valence-corrected chi connectivity index (χ4v) is 9.28. The van der Waals surface area contributed by atoms with Gasteiger partial charge in [-0.3, -0.25) is 4.57 Å². The Hall–Kier alpha value is -7.95. The van der Waals surface area contributed by atoms with Crippen LogP contribution in [0, 0.1) is 0 Å². The van der Waals surface area contributed by atoms with E-state index in [0.717, 1.165) is 56.4 Å². The third-order valence-electron chi connectivity index (χ3n) is 11.9. The number of hydrogen-bond acceptors (Lipinski definition) is 2. The molecule has 9 aromatic carbocycles. The van der Waals surface area contributed by atoms with Gasteiger partial charge in [0.05, 0.1) is 33.6 Å². The summed E-state index contributed by atoms with van der Waals surface area (Å²) in [5.41, 5.74) is 16.9. The van der Waals surface area contributed by atoms with E-state index in [-0.39, 0.29) is 0 Å². The minimum absolute atomic E-state index is 0.917. The summed E-state index contributed by atoms with van der Waals surface area (Å²) in [6, 6.07) is 78.7. The lowest BCUT2D eigenvalue weighted by Gasteiger charge is -2.27. The predicted molar refractivity (Wildman–Crippen MR) is 245 cm³/mol. The standard InChI is InChI=1S/C55H36N4/c1-3-17-39(18-4-1)55-56-48-35-34-42(36-52(48)59(55)40-20-5-2-6-21-40)57-49-27-12-9-23-45(49)53-46-24-10-13-28-50(46)58(54(53)47-25-11-14-29-51(47)57)41-32-30-38(31-33-41)44-26-15-19-37-16-7-8-22-43(37)44/h1-36H. The first-order valence-electron chi connectivity index (χ1n) is 20.1. The molecule has 3 heterocycles. The van der Waals surface area contributed by atoms with Gasteiger partial charge in [0, 0.05) is 44.7 Å². The van der Waals surface area contributed by atoms with Gasteiger partial charge in [0.2, 0.25) is 0 Å². The minimum atomic E-state index is 0.917. The Balaban J connectivity index is 1.09. The molecule has 0 atom stereocenters. The van der Waals surface area contributed by atoms with Gasteiger partial charge in [0.25, 0.3) is 0 Å². The van der Waals surface area contributed by atoms with Crippen LogP contribution in [0.15, 0.2) is 218 Å². The van der Waals surface area contributed by atoms with Gasteiger partial charge in [-0.2, -0.15) is 0 Å². The second kappa shape index (κ2) is 13.3. The molecule has 0 N–H and O–H groups in total. The van der Waals surface area contributed by atoms with Crippen molar-refractivity contribution in [2.24, 2.45) is 0 Å². The van der Waals surface area contributed by atoms with Crippen LogP contribution >= 0.6 is 0 Å². The molecule has 0 fully saturated rings. The van der Waals surface area contributed by atoms with E-state index in [2.05, 4.69) is 232 Å². The number of imidazole rings is 1. The van der Waals surface area contributed by atoms with E-state index in [1.807, 2.05) is 0 Å². The molecule has 1 aliphatic heterocycles. The maximum absolute atomic E-state index is 5.24. The van der Waals surface area contributed by atoms with Gasteiger partial charge >= 0.3 is 0 Å². The van der Waals surface area contributed by atoms with E-state index in [0.29, 0.717) is 0 Å². The van der Waals surface area contributed by atoms with Crippen molar-refractivity contribution >= 4 is 49.8 Å². The molecule has 0 amide bonds. The summed E-state index contributed by atoms with van der Waals surface area (Å²) in [5, 5.41) is 3.72. The van der Waals surface area contributed by atoms with Crippen LogP contribution in [0.1, 0.15) is 0 Å². The van der Waals surface area contributed by atoms with Gasteiger partial charge in [-0.1, -0.05) is 158 Å². The molecule has 0 aliphatic carbocycles.